The number of rotatable bonds is 2. The molecular formula is C11H12O3. The van der Waals surface area contributed by atoms with Crippen LogP contribution in [0.25, 0.3) is 0 Å². The Morgan fingerprint density at radius 3 is 2.64 bits per heavy atom. The van der Waals surface area contributed by atoms with Crippen molar-refractivity contribution in [1.82, 2.24) is 0 Å². The lowest BCUT2D eigenvalue weighted by Gasteiger charge is -2.05. The van der Waals surface area contributed by atoms with E-state index >= 15 is 0 Å². The van der Waals surface area contributed by atoms with Gasteiger partial charge in [-0.1, -0.05) is 12.1 Å². The molecule has 0 saturated carbocycles. The molecular weight excluding hydrogens is 180 g/mol. The normalized spacial score (nSPS) is 20.9. The number of esters is 1. The zero-order valence-electron chi connectivity index (χ0n) is 7.77. The minimum atomic E-state index is -0.0990. The van der Waals surface area contributed by atoms with Gasteiger partial charge in [0, 0.05) is 0 Å². The SMILES string of the molecule is O=C1OCC[C@H]1Cc1ccc(O)cc1. The van der Waals surface area contributed by atoms with Crippen molar-refractivity contribution in [3.8, 4) is 5.75 Å². The molecule has 3 nitrogen and oxygen atoms in total. The maximum absolute atomic E-state index is 11.2. The van der Waals surface area contributed by atoms with Gasteiger partial charge in [0.1, 0.15) is 5.75 Å². The number of cyclic esters (lactones) is 1. The lowest BCUT2D eigenvalue weighted by molar-refractivity contribution is -0.141. The minimum absolute atomic E-state index is 0.000423. The lowest BCUT2D eigenvalue weighted by atomic mass is 9.98. The van der Waals surface area contributed by atoms with E-state index in [2.05, 4.69) is 0 Å². The standard InChI is InChI=1S/C11H12O3/c12-10-3-1-8(2-4-10)7-9-5-6-14-11(9)13/h1-4,9,12H,5-7H2/t9-/m0/s1. The number of hydrogen-bond acceptors (Lipinski definition) is 3. The van der Waals surface area contributed by atoms with Crippen LogP contribution in [0.15, 0.2) is 24.3 Å². The summed E-state index contributed by atoms with van der Waals surface area (Å²) in [5, 5.41) is 9.08. The van der Waals surface area contributed by atoms with E-state index in [4.69, 9.17) is 9.84 Å². The van der Waals surface area contributed by atoms with E-state index in [0.29, 0.717) is 13.0 Å². The molecule has 0 spiro atoms. The summed E-state index contributed by atoms with van der Waals surface area (Å²) in [6, 6.07) is 6.94. The van der Waals surface area contributed by atoms with Gasteiger partial charge in [-0.25, -0.2) is 0 Å². The Morgan fingerprint density at radius 1 is 1.36 bits per heavy atom. The third-order valence-electron chi connectivity index (χ3n) is 2.46. The summed E-state index contributed by atoms with van der Waals surface area (Å²) >= 11 is 0. The molecule has 0 unspecified atom stereocenters. The van der Waals surface area contributed by atoms with Crippen LogP contribution in [0.4, 0.5) is 0 Å². The van der Waals surface area contributed by atoms with Crippen molar-refractivity contribution in [2.24, 2.45) is 5.92 Å². The van der Waals surface area contributed by atoms with Crippen molar-refractivity contribution in [2.75, 3.05) is 6.61 Å². The van der Waals surface area contributed by atoms with Crippen molar-refractivity contribution < 1.29 is 14.6 Å². The number of aromatic hydroxyl groups is 1. The Kier molecular flexibility index (Phi) is 2.39. The molecule has 1 aromatic carbocycles. The van der Waals surface area contributed by atoms with Crippen LogP contribution in [0.3, 0.4) is 0 Å². The first kappa shape index (κ1) is 9.06. The maximum Gasteiger partial charge on any atom is 0.309 e. The molecule has 0 amide bonds. The van der Waals surface area contributed by atoms with Crippen LogP contribution < -0.4 is 0 Å². The molecule has 1 fully saturated rings. The highest BCUT2D eigenvalue weighted by molar-refractivity contribution is 5.74. The highest BCUT2D eigenvalue weighted by Gasteiger charge is 2.26. The van der Waals surface area contributed by atoms with Gasteiger partial charge in [0.2, 0.25) is 0 Å². The molecule has 1 saturated heterocycles. The zero-order valence-corrected chi connectivity index (χ0v) is 7.77. The number of phenols is 1. The molecule has 1 aromatic rings. The van der Waals surface area contributed by atoms with Gasteiger partial charge < -0.3 is 9.84 Å². The van der Waals surface area contributed by atoms with Crippen molar-refractivity contribution in [1.29, 1.82) is 0 Å². The van der Waals surface area contributed by atoms with Crippen LogP contribution in [0.1, 0.15) is 12.0 Å². The van der Waals surface area contributed by atoms with Gasteiger partial charge in [-0.3, -0.25) is 4.79 Å². The Balaban J connectivity index is 2.03. The summed E-state index contributed by atoms with van der Waals surface area (Å²) in [7, 11) is 0. The summed E-state index contributed by atoms with van der Waals surface area (Å²) in [5.74, 6) is 0.153. The van der Waals surface area contributed by atoms with Crippen molar-refractivity contribution >= 4 is 5.97 Å². The highest BCUT2D eigenvalue weighted by Crippen LogP contribution is 2.20. The number of hydrogen-bond donors (Lipinski definition) is 1. The first-order chi connectivity index (χ1) is 6.75. The number of carbonyl (C=O) groups excluding carboxylic acids is 1. The van der Waals surface area contributed by atoms with Crippen LogP contribution in [-0.4, -0.2) is 17.7 Å². The molecule has 74 valence electrons. The summed E-state index contributed by atoms with van der Waals surface area (Å²) in [6.07, 6.45) is 1.51. The Hall–Kier alpha value is -1.51. The molecule has 1 aliphatic rings. The second-order valence-corrected chi connectivity index (χ2v) is 3.52. The van der Waals surface area contributed by atoms with Gasteiger partial charge >= 0.3 is 5.97 Å². The predicted molar refractivity (Wildman–Crippen MR) is 50.9 cm³/mol. The van der Waals surface area contributed by atoms with Gasteiger partial charge in [0.05, 0.1) is 12.5 Å². The van der Waals surface area contributed by atoms with Crippen molar-refractivity contribution in [2.45, 2.75) is 12.8 Å². The molecule has 0 aliphatic carbocycles. The van der Waals surface area contributed by atoms with Gasteiger partial charge in [0.25, 0.3) is 0 Å². The second kappa shape index (κ2) is 3.70. The lowest BCUT2D eigenvalue weighted by Crippen LogP contribution is -2.10. The van der Waals surface area contributed by atoms with Crippen LogP contribution >= 0.6 is 0 Å². The summed E-state index contributed by atoms with van der Waals surface area (Å²) in [6.45, 7) is 0.543. The predicted octanol–water partition coefficient (Wildman–Crippen LogP) is 1.50. The van der Waals surface area contributed by atoms with Crippen LogP contribution in [0.2, 0.25) is 0 Å². The van der Waals surface area contributed by atoms with E-state index in [1.165, 1.54) is 0 Å². The summed E-state index contributed by atoms with van der Waals surface area (Å²) < 4.78 is 4.87. The fourth-order valence-electron chi connectivity index (χ4n) is 1.64. The topological polar surface area (TPSA) is 46.5 Å². The molecule has 0 bridgehead atoms. The monoisotopic (exact) mass is 192 g/mol. The molecule has 0 aromatic heterocycles. The maximum atomic E-state index is 11.2. The zero-order chi connectivity index (χ0) is 9.97. The Morgan fingerprint density at radius 2 is 2.07 bits per heavy atom. The van der Waals surface area contributed by atoms with Gasteiger partial charge in [-0.05, 0) is 30.5 Å². The van der Waals surface area contributed by atoms with E-state index in [1.807, 2.05) is 12.1 Å². The highest BCUT2D eigenvalue weighted by atomic mass is 16.5. The quantitative estimate of drug-likeness (QED) is 0.722. The molecule has 1 aliphatic heterocycles. The van der Waals surface area contributed by atoms with Gasteiger partial charge in [0.15, 0.2) is 0 Å². The third kappa shape index (κ3) is 1.87. The Bertz CT molecular complexity index is 329. The fourth-order valence-corrected chi connectivity index (χ4v) is 1.64. The molecule has 2 rings (SSSR count). The average Bonchev–Trinajstić information content (AvgIpc) is 2.56. The molecule has 1 N–H and O–H groups in total. The van der Waals surface area contributed by atoms with Crippen LogP contribution in [0.5, 0.6) is 5.75 Å². The average molecular weight is 192 g/mol. The van der Waals surface area contributed by atoms with E-state index in [1.54, 1.807) is 12.1 Å². The van der Waals surface area contributed by atoms with E-state index in [9.17, 15) is 4.79 Å². The number of benzene rings is 1. The second-order valence-electron chi connectivity index (χ2n) is 3.52. The molecule has 1 heterocycles. The van der Waals surface area contributed by atoms with Crippen LogP contribution in [0, 0.1) is 5.92 Å². The van der Waals surface area contributed by atoms with Crippen molar-refractivity contribution in [3.05, 3.63) is 29.8 Å². The Labute approximate surface area is 82.3 Å². The van der Waals surface area contributed by atoms with E-state index < -0.39 is 0 Å². The number of carbonyl (C=O) groups is 1. The fraction of sp³-hybridized carbons (Fsp3) is 0.364. The molecule has 1 atom stereocenters. The van der Waals surface area contributed by atoms with Gasteiger partial charge in [-0.15, -0.1) is 0 Å². The van der Waals surface area contributed by atoms with Crippen LogP contribution in [-0.2, 0) is 16.0 Å². The smallest absolute Gasteiger partial charge is 0.309 e. The summed E-state index contributed by atoms with van der Waals surface area (Å²) in [5.41, 5.74) is 1.06. The molecule has 0 radical (unpaired) electrons. The first-order valence-electron chi connectivity index (χ1n) is 4.70. The number of ether oxygens (including phenoxy) is 1. The third-order valence-corrected chi connectivity index (χ3v) is 2.46. The van der Waals surface area contributed by atoms with E-state index in [-0.39, 0.29) is 17.6 Å². The molecule has 3 heteroatoms. The number of phenolic OH excluding ortho intramolecular Hbond substituents is 1. The van der Waals surface area contributed by atoms with Gasteiger partial charge in [-0.2, -0.15) is 0 Å². The first-order valence-corrected chi connectivity index (χ1v) is 4.70. The minimum Gasteiger partial charge on any atom is -0.508 e. The summed E-state index contributed by atoms with van der Waals surface area (Å²) in [4.78, 5) is 11.2. The van der Waals surface area contributed by atoms with E-state index in [0.717, 1.165) is 12.0 Å². The van der Waals surface area contributed by atoms with Crippen molar-refractivity contribution in [3.63, 3.8) is 0 Å². The molecule has 14 heavy (non-hydrogen) atoms. The largest absolute Gasteiger partial charge is 0.508 e.